The molecule has 23 heavy (non-hydrogen) atoms. The Kier molecular flexibility index (Phi) is 4.47. The molecule has 0 unspecified atom stereocenters. The highest BCUT2D eigenvalue weighted by molar-refractivity contribution is 7.91. The van der Waals surface area contributed by atoms with Crippen LogP contribution in [-0.2, 0) is 10.0 Å². The van der Waals surface area contributed by atoms with Gasteiger partial charge < -0.3 is 4.90 Å². The van der Waals surface area contributed by atoms with E-state index in [1.54, 1.807) is 41.4 Å². The number of pyridine rings is 1. The lowest BCUT2D eigenvalue weighted by Crippen LogP contribution is -2.50. The van der Waals surface area contributed by atoms with Gasteiger partial charge in [-0.15, -0.1) is 11.3 Å². The zero-order valence-electron chi connectivity index (χ0n) is 12.7. The molecule has 0 atom stereocenters. The van der Waals surface area contributed by atoms with Gasteiger partial charge in [-0.3, -0.25) is 9.78 Å². The topological polar surface area (TPSA) is 70.6 Å². The van der Waals surface area contributed by atoms with Gasteiger partial charge in [-0.1, -0.05) is 6.07 Å². The fourth-order valence-corrected chi connectivity index (χ4v) is 5.32. The number of carbonyl (C=O) groups is 1. The first kappa shape index (κ1) is 16.1. The third-order valence-corrected chi connectivity index (χ3v) is 7.09. The highest BCUT2D eigenvalue weighted by Gasteiger charge is 2.31. The zero-order chi connectivity index (χ0) is 16.4. The maximum Gasteiger partial charge on any atom is 0.272 e. The van der Waals surface area contributed by atoms with Crippen LogP contribution in [0.15, 0.2) is 40.7 Å². The molecule has 3 heterocycles. The molecule has 122 valence electrons. The second-order valence-electron chi connectivity index (χ2n) is 5.28. The van der Waals surface area contributed by atoms with Crippen molar-refractivity contribution in [3.05, 3.63) is 47.1 Å². The molecule has 2 aromatic heterocycles. The summed E-state index contributed by atoms with van der Waals surface area (Å²) in [5, 5.41) is 0. The number of hydrogen-bond donors (Lipinski definition) is 0. The van der Waals surface area contributed by atoms with E-state index >= 15 is 0 Å². The van der Waals surface area contributed by atoms with E-state index in [1.807, 2.05) is 6.92 Å². The Balaban J connectivity index is 1.68. The predicted molar refractivity (Wildman–Crippen MR) is 88.0 cm³/mol. The quantitative estimate of drug-likeness (QED) is 0.842. The molecule has 6 nitrogen and oxygen atoms in total. The fourth-order valence-electron chi connectivity index (χ4n) is 2.46. The summed E-state index contributed by atoms with van der Waals surface area (Å²) < 4.78 is 26.9. The minimum absolute atomic E-state index is 0.158. The lowest BCUT2D eigenvalue weighted by atomic mass is 10.3. The second kappa shape index (κ2) is 6.38. The predicted octanol–water partition coefficient (Wildman–Crippen LogP) is 1.60. The lowest BCUT2D eigenvalue weighted by Gasteiger charge is -2.33. The molecule has 2 aromatic rings. The molecule has 0 aromatic carbocycles. The van der Waals surface area contributed by atoms with Crippen molar-refractivity contribution >= 4 is 27.3 Å². The molecule has 3 rings (SSSR count). The Labute approximate surface area is 139 Å². The van der Waals surface area contributed by atoms with Crippen LogP contribution in [0.1, 0.15) is 15.4 Å². The number of amides is 1. The summed E-state index contributed by atoms with van der Waals surface area (Å²) in [4.78, 5) is 19.0. The van der Waals surface area contributed by atoms with E-state index in [2.05, 4.69) is 4.98 Å². The highest BCUT2D eigenvalue weighted by Crippen LogP contribution is 2.25. The lowest BCUT2D eigenvalue weighted by molar-refractivity contribution is 0.0692. The molecule has 0 radical (unpaired) electrons. The maximum absolute atomic E-state index is 12.6. The summed E-state index contributed by atoms with van der Waals surface area (Å²) in [6.07, 6.45) is 1.58. The van der Waals surface area contributed by atoms with Crippen LogP contribution >= 0.6 is 11.3 Å². The summed E-state index contributed by atoms with van der Waals surface area (Å²) >= 11 is 1.27. The maximum atomic E-state index is 12.6. The van der Waals surface area contributed by atoms with E-state index in [4.69, 9.17) is 0 Å². The first-order valence-corrected chi connectivity index (χ1v) is 9.51. The number of carbonyl (C=O) groups excluding carboxylic acids is 1. The molecule has 0 aliphatic carbocycles. The summed E-state index contributed by atoms with van der Waals surface area (Å²) in [6.45, 7) is 3.24. The van der Waals surface area contributed by atoms with Crippen molar-refractivity contribution in [2.24, 2.45) is 0 Å². The van der Waals surface area contributed by atoms with Gasteiger partial charge in [0.1, 0.15) is 9.90 Å². The summed E-state index contributed by atoms with van der Waals surface area (Å²) in [5.74, 6) is -0.158. The summed E-state index contributed by atoms with van der Waals surface area (Å²) in [5.41, 5.74) is 0.387. The molecule has 1 aliphatic rings. The molecule has 1 saturated heterocycles. The average molecular weight is 351 g/mol. The van der Waals surface area contributed by atoms with Crippen LogP contribution in [0.5, 0.6) is 0 Å². The number of hydrogen-bond acceptors (Lipinski definition) is 5. The van der Waals surface area contributed by atoms with Crippen LogP contribution < -0.4 is 0 Å². The molecule has 1 fully saturated rings. The second-order valence-corrected chi connectivity index (χ2v) is 8.73. The smallest absolute Gasteiger partial charge is 0.272 e. The van der Waals surface area contributed by atoms with Gasteiger partial charge in [-0.05, 0) is 31.2 Å². The summed E-state index contributed by atoms with van der Waals surface area (Å²) in [7, 11) is -3.46. The normalized spacial score (nSPS) is 16.5. The third kappa shape index (κ3) is 3.29. The van der Waals surface area contributed by atoms with Gasteiger partial charge in [-0.25, -0.2) is 8.42 Å². The van der Waals surface area contributed by atoms with E-state index in [-0.39, 0.29) is 5.91 Å². The van der Waals surface area contributed by atoms with Gasteiger partial charge in [0.2, 0.25) is 0 Å². The van der Waals surface area contributed by atoms with Crippen LogP contribution in [0.4, 0.5) is 0 Å². The Morgan fingerprint density at radius 1 is 1.13 bits per heavy atom. The van der Waals surface area contributed by atoms with Crippen molar-refractivity contribution in [2.75, 3.05) is 26.2 Å². The third-order valence-electron chi connectivity index (χ3n) is 3.72. The number of aryl methyl sites for hydroxylation is 1. The minimum Gasteiger partial charge on any atom is -0.335 e. The fraction of sp³-hybridized carbons (Fsp3) is 0.333. The van der Waals surface area contributed by atoms with Gasteiger partial charge >= 0.3 is 0 Å². The average Bonchev–Trinajstić information content (AvgIpc) is 3.02. The van der Waals surface area contributed by atoms with Crippen molar-refractivity contribution < 1.29 is 13.2 Å². The molecule has 0 saturated carbocycles. The monoisotopic (exact) mass is 351 g/mol. The van der Waals surface area contributed by atoms with E-state index in [0.29, 0.717) is 36.1 Å². The van der Waals surface area contributed by atoms with E-state index in [0.717, 1.165) is 4.88 Å². The Hall–Kier alpha value is -1.77. The van der Waals surface area contributed by atoms with Crippen LogP contribution in [0.3, 0.4) is 0 Å². The van der Waals surface area contributed by atoms with Crippen molar-refractivity contribution in [1.82, 2.24) is 14.2 Å². The Morgan fingerprint density at radius 2 is 1.87 bits per heavy atom. The molecular formula is C15H17N3O3S2. The molecule has 8 heteroatoms. The number of aromatic nitrogens is 1. The van der Waals surface area contributed by atoms with Crippen LogP contribution in [-0.4, -0.2) is 54.7 Å². The Morgan fingerprint density at radius 3 is 2.43 bits per heavy atom. The van der Waals surface area contributed by atoms with E-state index < -0.39 is 10.0 Å². The Bertz CT molecular complexity index is 794. The van der Waals surface area contributed by atoms with E-state index in [9.17, 15) is 13.2 Å². The first-order chi connectivity index (χ1) is 11.0. The van der Waals surface area contributed by atoms with Gasteiger partial charge in [-0.2, -0.15) is 4.31 Å². The van der Waals surface area contributed by atoms with Crippen molar-refractivity contribution in [2.45, 2.75) is 11.1 Å². The SMILES string of the molecule is Cc1ccc(S(=O)(=O)N2CCN(C(=O)c3ccccn3)CC2)s1. The molecule has 0 bridgehead atoms. The van der Waals surface area contributed by atoms with Gasteiger partial charge in [0.25, 0.3) is 15.9 Å². The number of piperazine rings is 1. The first-order valence-electron chi connectivity index (χ1n) is 7.25. The summed E-state index contributed by atoms with van der Waals surface area (Å²) in [6, 6.07) is 8.63. The molecule has 0 N–H and O–H groups in total. The minimum atomic E-state index is -3.46. The van der Waals surface area contributed by atoms with E-state index in [1.165, 1.54) is 15.6 Å². The van der Waals surface area contributed by atoms with Gasteiger partial charge in [0, 0.05) is 37.3 Å². The van der Waals surface area contributed by atoms with Crippen LogP contribution in [0.2, 0.25) is 0 Å². The largest absolute Gasteiger partial charge is 0.335 e. The number of rotatable bonds is 3. The van der Waals surface area contributed by atoms with Crippen LogP contribution in [0.25, 0.3) is 0 Å². The van der Waals surface area contributed by atoms with Gasteiger partial charge in [0.05, 0.1) is 0 Å². The van der Waals surface area contributed by atoms with Crippen LogP contribution in [0, 0.1) is 6.92 Å². The number of sulfonamides is 1. The van der Waals surface area contributed by atoms with Crippen molar-refractivity contribution in [1.29, 1.82) is 0 Å². The number of nitrogens with zero attached hydrogens (tertiary/aromatic N) is 3. The zero-order valence-corrected chi connectivity index (χ0v) is 14.3. The molecule has 1 amide bonds. The molecular weight excluding hydrogens is 334 g/mol. The standard InChI is InChI=1S/C15H17N3O3S2/c1-12-5-6-14(22-12)23(20,21)18-10-8-17(9-11-18)15(19)13-4-2-3-7-16-13/h2-7H,8-11H2,1H3. The molecule has 1 aliphatic heterocycles. The van der Waals surface area contributed by atoms with Gasteiger partial charge in [0.15, 0.2) is 0 Å². The molecule has 0 spiro atoms. The van der Waals surface area contributed by atoms with Crippen molar-refractivity contribution in [3.63, 3.8) is 0 Å². The number of thiophene rings is 1. The highest BCUT2D eigenvalue weighted by atomic mass is 32.2. The van der Waals surface area contributed by atoms with Crippen molar-refractivity contribution in [3.8, 4) is 0 Å².